The summed E-state index contributed by atoms with van der Waals surface area (Å²) in [6, 6.07) is 0. The van der Waals surface area contributed by atoms with Gasteiger partial charge in [0.25, 0.3) is 0 Å². The van der Waals surface area contributed by atoms with Gasteiger partial charge in [0.05, 0.1) is 6.54 Å². The summed E-state index contributed by atoms with van der Waals surface area (Å²) in [6.45, 7) is 4.53. The van der Waals surface area contributed by atoms with E-state index in [4.69, 9.17) is 0 Å². The molecule has 1 unspecified atom stereocenters. The normalized spacial score (nSPS) is 19.7. The lowest BCUT2D eigenvalue weighted by molar-refractivity contribution is -0.127. The van der Waals surface area contributed by atoms with Crippen LogP contribution >= 0.6 is 35.7 Å². The average Bonchev–Trinajstić information content (AvgIpc) is 2.39. The van der Waals surface area contributed by atoms with Crippen molar-refractivity contribution in [2.75, 3.05) is 46.5 Å². The number of carbonyl (C=O) groups is 1. The van der Waals surface area contributed by atoms with Gasteiger partial charge < -0.3 is 15.1 Å². The Bertz CT molecular complexity index is 312. The average molecular weight is 400 g/mol. The van der Waals surface area contributed by atoms with Crippen LogP contribution in [0.1, 0.15) is 13.3 Å². The van der Waals surface area contributed by atoms with E-state index in [1.165, 1.54) is 6.42 Å². The van der Waals surface area contributed by atoms with Crippen LogP contribution in [0, 0.1) is 0 Å². The highest BCUT2D eigenvalue weighted by atomic mass is 127. The van der Waals surface area contributed by atoms with E-state index in [2.05, 4.69) is 22.1 Å². The minimum atomic E-state index is 0. The van der Waals surface area contributed by atoms with E-state index in [0.717, 1.165) is 24.8 Å². The van der Waals surface area contributed by atoms with Gasteiger partial charge in [-0.1, -0.05) is 6.92 Å². The van der Waals surface area contributed by atoms with E-state index in [9.17, 15) is 4.79 Å². The lowest BCUT2D eigenvalue weighted by Crippen LogP contribution is -2.49. The van der Waals surface area contributed by atoms with Gasteiger partial charge in [-0.05, 0) is 6.42 Å². The number of likely N-dealkylation sites (N-methyl/N-ethyl adjacent to an activating group) is 1. The molecule has 1 saturated heterocycles. The van der Waals surface area contributed by atoms with Crippen LogP contribution < -0.4 is 5.32 Å². The molecule has 1 heterocycles. The number of carbonyl (C=O) groups excluding carboxylic acids is 1. The molecule has 1 atom stereocenters. The van der Waals surface area contributed by atoms with Crippen molar-refractivity contribution in [1.29, 1.82) is 0 Å². The third-order valence-corrected chi connectivity index (χ3v) is 4.37. The first-order chi connectivity index (χ1) is 8.58. The van der Waals surface area contributed by atoms with Gasteiger partial charge in [-0.2, -0.15) is 11.8 Å². The summed E-state index contributed by atoms with van der Waals surface area (Å²) in [5.41, 5.74) is 0. The molecule has 1 fully saturated rings. The molecule has 1 aliphatic heterocycles. The third kappa shape index (κ3) is 6.20. The number of rotatable bonds is 3. The lowest BCUT2D eigenvalue weighted by atomic mass is 10.3. The molecule has 1 amide bonds. The first kappa shape index (κ1) is 18.8. The highest BCUT2D eigenvalue weighted by Crippen LogP contribution is 2.20. The zero-order valence-corrected chi connectivity index (χ0v) is 15.3. The Morgan fingerprint density at radius 1 is 1.53 bits per heavy atom. The molecule has 0 aliphatic carbocycles. The van der Waals surface area contributed by atoms with E-state index < -0.39 is 0 Å². The molecule has 0 spiro atoms. The highest BCUT2D eigenvalue weighted by Gasteiger charge is 2.21. The van der Waals surface area contributed by atoms with Gasteiger partial charge in [-0.15, -0.1) is 24.0 Å². The number of hydrogen-bond acceptors (Lipinski definition) is 3. The van der Waals surface area contributed by atoms with Crippen LogP contribution in [0.2, 0.25) is 0 Å². The van der Waals surface area contributed by atoms with Crippen molar-refractivity contribution in [3.8, 4) is 0 Å². The second kappa shape index (κ2) is 9.68. The molecule has 19 heavy (non-hydrogen) atoms. The summed E-state index contributed by atoms with van der Waals surface area (Å²) in [6.07, 6.45) is 1.18. The fourth-order valence-electron chi connectivity index (χ4n) is 1.80. The number of thioether (sulfide) groups is 1. The quantitative estimate of drug-likeness (QED) is 0.438. The zero-order valence-electron chi connectivity index (χ0n) is 12.2. The second-order valence-corrected chi connectivity index (χ2v) is 5.94. The van der Waals surface area contributed by atoms with Crippen molar-refractivity contribution in [2.45, 2.75) is 18.6 Å². The number of halogens is 1. The maximum absolute atomic E-state index is 11.6. The largest absolute Gasteiger partial charge is 0.347 e. The fraction of sp³-hybridized carbons (Fsp3) is 0.833. The minimum Gasteiger partial charge on any atom is -0.347 e. The van der Waals surface area contributed by atoms with Gasteiger partial charge in [0.2, 0.25) is 5.91 Å². The summed E-state index contributed by atoms with van der Waals surface area (Å²) in [7, 11) is 5.29. The molecule has 0 aromatic carbocycles. The molecule has 0 saturated carbocycles. The first-order valence-corrected chi connectivity index (χ1v) is 7.40. The first-order valence-electron chi connectivity index (χ1n) is 6.35. The number of aliphatic imine (C=N–C) groups is 1. The minimum absolute atomic E-state index is 0. The van der Waals surface area contributed by atoms with Crippen molar-refractivity contribution in [1.82, 2.24) is 15.1 Å². The third-order valence-electron chi connectivity index (χ3n) is 3.00. The molecule has 7 heteroatoms. The van der Waals surface area contributed by atoms with Gasteiger partial charge in [-0.25, -0.2) is 0 Å². The van der Waals surface area contributed by atoms with E-state index in [1.54, 1.807) is 26.0 Å². The molecule has 0 aromatic heterocycles. The fourth-order valence-corrected chi connectivity index (χ4v) is 2.98. The highest BCUT2D eigenvalue weighted by molar-refractivity contribution is 14.0. The molecule has 5 nitrogen and oxygen atoms in total. The zero-order chi connectivity index (χ0) is 13.5. The van der Waals surface area contributed by atoms with Gasteiger partial charge in [0.1, 0.15) is 0 Å². The summed E-state index contributed by atoms with van der Waals surface area (Å²) in [5.74, 6) is 2.03. The Kier molecular flexibility index (Phi) is 9.59. The number of guanidine groups is 1. The maximum Gasteiger partial charge on any atom is 0.241 e. The Hall–Kier alpha value is -0.180. The molecule has 1 N–H and O–H groups in total. The Labute approximate surface area is 137 Å². The van der Waals surface area contributed by atoms with Crippen LogP contribution in [0.25, 0.3) is 0 Å². The van der Waals surface area contributed by atoms with Gasteiger partial charge >= 0.3 is 0 Å². The van der Waals surface area contributed by atoms with E-state index >= 15 is 0 Å². The van der Waals surface area contributed by atoms with E-state index in [0.29, 0.717) is 11.8 Å². The SMILES string of the molecule is CCC1CN(C(=NC)NCC(=O)N(C)C)CCS1.I. The van der Waals surface area contributed by atoms with Crippen LogP contribution in [0.3, 0.4) is 0 Å². The Morgan fingerprint density at radius 3 is 2.74 bits per heavy atom. The standard InChI is InChI=1S/C12H24N4OS.HI/c1-5-10-9-16(6-7-18-10)12(13-2)14-8-11(17)15(3)4;/h10H,5-9H2,1-4H3,(H,13,14);1H. The molecule has 112 valence electrons. The van der Waals surface area contributed by atoms with Crippen molar-refractivity contribution in [2.24, 2.45) is 4.99 Å². The topological polar surface area (TPSA) is 47.9 Å². The summed E-state index contributed by atoms with van der Waals surface area (Å²) >= 11 is 2.02. The van der Waals surface area contributed by atoms with Gasteiger partial charge in [0, 0.05) is 45.2 Å². The monoisotopic (exact) mass is 400 g/mol. The van der Waals surface area contributed by atoms with Crippen LogP contribution in [-0.2, 0) is 4.79 Å². The molecule has 0 radical (unpaired) electrons. The number of hydrogen-bond donors (Lipinski definition) is 1. The molecular formula is C12H25IN4OS. The lowest BCUT2D eigenvalue weighted by Gasteiger charge is -2.34. The van der Waals surface area contributed by atoms with Gasteiger partial charge in [0.15, 0.2) is 5.96 Å². The summed E-state index contributed by atoms with van der Waals surface area (Å²) in [4.78, 5) is 19.6. The molecule has 0 aromatic rings. The molecule has 0 bridgehead atoms. The van der Waals surface area contributed by atoms with E-state index in [-0.39, 0.29) is 29.9 Å². The Balaban J connectivity index is 0.00000324. The molecule has 1 aliphatic rings. The summed E-state index contributed by atoms with van der Waals surface area (Å²) in [5, 5.41) is 3.81. The van der Waals surface area contributed by atoms with Crippen molar-refractivity contribution >= 4 is 47.6 Å². The van der Waals surface area contributed by atoms with Crippen LogP contribution in [-0.4, -0.2) is 73.4 Å². The number of nitrogens with zero attached hydrogens (tertiary/aromatic N) is 3. The number of amides is 1. The van der Waals surface area contributed by atoms with Gasteiger partial charge in [-0.3, -0.25) is 9.79 Å². The Morgan fingerprint density at radius 2 is 2.21 bits per heavy atom. The summed E-state index contributed by atoms with van der Waals surface area (Å²) < 4.78 is 0. The smallest absolute Gasteiger partial charge is 0.241 e. The van der Waals surface area contributed by atoms with Crippen molar-refractivity contribution in [3.63, 3.8) is 0 Å². The maximum atomic E-state index is 11.6. The van der Waals surface area contributed by atoms with Crippen LogP contribution in [0.15, 0.2) is 4.99 Å². The molecule has 1 rings (SSSR count). The van der Waals surface area contributed by atoms with Crippen molar-refractivity contribution < 1.29 is 4.79 Å². The van der Waals surface area contributed by atoms with Crippen molar-refractivity contribution in [3.05, 3.63) is 0 Å². The van der Waals surface area contributed by atoms with E-state index in [1.807, 2.05) is 11.8 Å². The molecular weight excluding hydrogens is 375 g/mol. The second-order valence-electron chi connectivity index (χ2n) is 4.54. The van der Waals surface area contributed by atoms with Crippen LogP contribution in [0.5, 0.6) is 0 Å². The predicted molar refractivity (Wildman–Crippen MR) is 93.6 cm³/mol. The number of nitrogens with one attached hydrogen (secondary N) is 1. The predicted octanol–water partition coefficient (Wildman–Crippen LogP) is 1.10. The van der Waals surface area contributed by atoms with Crippen LogP contribution in [0.4, 0.5) is 0 Å².